The fourth-order valence-corrected chi connectivity index (χ4v) is 2.13. The second-order valence-electron chi connectivity index (χ2n) is 3.94. The highest BCUT2D eigenvalue weighted by atomic mass is 35.5. The van der Waals surface area contributed by atoms with Crippen LogP contribution in [0.15, 0.2) is 42.5 Å². The van der Waals surface area contributed by atoms with Gasteiger partial charge in [0, 0.05) is 17.2 Å². The smallest absolute Gasteiger partial charge is 0.387 e. The molecule has 1 unspecified atom stereocenters. The van der Waals surface area contributed by atoms with Crippen LogP contribution in [0.4, 0.5) is 17.6 Å². The summed E-state index contributed by atoms with van der Waals surface area (Å²) in [7, 11) is 0. The van der Waals surface area contributed by atoms with Gasteiger partial charge in [0.1, 0.15) is 17.4 Å². The molecule has 0 aliphatic heterocycles. The minimum atomic E-state index is -3.02. The van der Waals surface area contributed by atoms with Gasteiger partial charge in [-0.2, -0.15) is 8.78 Å². The highest BCUT2D eigenvalue weighted by molar-refractivity contribution is 6.22. The van der Waals surface area contributed by atoms with Gasteiger partial charge in [0.05, 0.1) is 5.38 Å². The predicted molar refractivity (Wildman–Crippen MR) is 67.1 cm³/mol. The summed E-state index contributed by atoms with van der Waals surface area (Å²) in [6, 6.07) is 8.69. The van der Waals surface area contributed by atoms with Crippen LogP contribution in [0.5, 0.6) is 5.75 Å². The fourth-order valence-electron chi connectivity index (χ4n) is 1.77. The monoisotopic (exact) mass is 304 g/mol. The Bertz CT molecular complexity index is 603. The van der Waals surface area contributed by atoms with Gasteiger partial charge >= 0.3 is 6.61 Å². The van der Waals surface area contributed by atoms with Crippen molar-refractivity contribution in [2.24, 2.45) is 0 Å². The molecule has 0 heterocycles. The summed E-state index contributed by atoms with van der Waals surface area (Å²) in [5.41, 5.74) is 0.165. The highest BCUT2D eigenvalue weighted by Crippen LogP contribution is 2.36. The van der Waals surface area contributed by atoms with Gasteiger partial charge in [-0.05, 0) is 12.1 Å². The summed E-state index contributed by atoms with van der Waals surface area (Å²) in [6.45, 7) is -3.02. The van der Waals surface area contributed by atoms with E-state index in [4.69, 9.17) is 11.6 Å². The van der Waals surface area contributed by atoms with E-state index in [0.717, 1.165) is 6.07 Å². The van der Waals surface area contributed by atoms with E-state index in [1.54, 1.807) is 6.07 Å². The number of alkyl halides is 3. The summed E-state index contributed by atoms with van der Waals surface area (Å²) in [6.07, 6.45) is 0. The molecule has 20 heavy (non-hydrogen) atoms. The predicted octanol–water partition coefficient (Wildman–Crippen LogP) is 4.89. The Labute approximate surface area is 117 Å². The molecule has 0 aliphatic rings. The van der Waals surface area contributed by atoms with Crippen LogP contribution in [0.1, 0.15) is 16.5 Å². The minimum absolute atomic E-state index is 0.0154. The Hall–Kier alpha value is -1.75. The number of hydrogen-bond donors (Lipinski definition) is 0. The molecule has 2 aromatic rings. The molecule has 106 valence electrons. The van der Waals surface area contributed by atoms with Crippen molar-refractivity contribution in [3.8, 4) is 5.75 Å². The molecular weight excluding hydrogens is 296 g/mol. The zero-order valence-electron chi connectivity index (χ0n) is 9.99. The summed E-state index contributed by atoms with van der Waals surface area (Å²) in [5, 5.41) is -1.06. The average molecular weight is 305 g/mol. The van der Waals surface area contributed by atoms with Crippen molar-refractivity contribution in [2.45, 2.75) is 12.0 Å². The molecule has 0 aliphatic carbocycles. The average Bonchev–Trinajstić information content (AvgIpc) is 2.38. The van der Waals surface area contributed by atoms with Crippen molar-refractivity contribution in [3.63, 3.8) is 0 Å². The van der Waals surface area contributed by atoms with Crippen LogP contribution in [0.25, 0.3) is 0 Å². The first-order chi connectivity index (χ1) is 9.49. The number of benzene rings is 2. The number of halogens is 5. The van der Waals surface area contributed by atoms with Crippen molar-refractivity contribution in [2.75, 3.05) is 0 Å². The molecule has 0 radical (unpaired) electrons. The first kappa shape index (κ1) is 14.7. The second kappa shape index (κ2) is 6.13. The van der Waals surface area contributed by atoms with E-state index < -0.39 is 23.6 Å². The Morgan fingerprint density at radius 1 is 0.950 bits per heavy atom. The molecule has 0 saturated carbocycles. The fraction of sp³-hybridized carbons (Fsp3) is 0.143. The molecule has 6 heteroatoms. The third-order valence-corrected chi connectivity index (χ3v) is 3.11. The lowest BCUT2D eigenvalue weighted by Crippen LogP contribution is -2.06. The lowest BCUT2D eigenvalue weighted by molar-refractivity contribution is -0.0504. The maximum absolute atomic E-state index is 13.7. The SMILES string of the molecule is Fc1ccc(C(Cl)c2ccccc2OC(F)F)c(F)c1. The summed E-state index contributed by atoms with van der Waals surface area (Å²) in [4.78, 5) is 0. The van der Waals surface area contributed by atoms with Crippen LogP contribution >= 0.6 is 11.6 Å². The van der Waals surface area contributed by atoms with Crippen LogP contribution < -0.4 is 4.74 Å². The molecule has 2 rings (SSSR count). The van der Waals surface area contributed by atoms with Gasteiger partial charge in [-0.3, -0.25) is 0 Å². The van der Waals surface area contributed by atoms with Crippen molar-refractivity contribution in [1.82, 2.24) is 0 Å². The number of para-hydroxylation sites is 1. The normalized spacial score (nSPS) is 12.5. The van der Waals surface area contributed by atoms with Crippen molar-refractivity contribution < 1.29 is 22.3 Å². The molecule has 0 fully saturated rings. The lowest BCUT2D eigenvalue weighted by atomic mass is 10.0. The van der Waals surface area contributed by atoms with Gasteiger partial charge in [0.15, 0.2) is 0 Å². The number of rotatable bonds is 4. The minimum Gasteiger partial charge on any atom is -0.434 e. The maximum Gasteiger partial charge on any atom is 0.387 e. The van der Waals surface area contributed by atoms with Gasteiger partial charge in [-0.15, -0.1) is 11.6 Å². The van der Waals surface area contributed by atoms with E-state index >= 15 is 0 Å². The van der Waals surface area contributed by atoms with E-state index in [-0.39, 0.29) is 16.9 Å². The summed E-state index contributed by atoms with van der Waals surface area (Å²) < 4.78 is 55.5. The second-order valence-corrected chi connectivity index (χ2v) is 4.38. The van der Waals surface area contributed by atoms with Crippen LogP contribution in [0.2, 0.25) is 0 Å². The summed E-state index contributed by atoms with van der Waals surface area (Å²) >= 11 is 6.09. The van der Waals surface area contributed by atoms with Crippen LogP contribution in [-0.4, -0.2) is 6.61 Å². The third-order valence-electron chi connectivity index (χ3n) is 2.64. The molecular formula is C14H9ClF4O. The third kappa shape index (κ3) is 3.22. The maximum atomic E-state index is 13.7. The first-order valence-electron chi connectivity index (χ1n) is 5.62. The molecule has 0 saturated heterocycles. The summed E-state index contributed by atoms with van der Waals surface area (Å²) in [5.74, 6) is -1.74. The van der Waals surface area contributed by atoms with Crippen molar-refractivity contribution in [1.29, 1.82) is 0 Å². The van der Waals surface area contributed by atoms with E-state index in [0.29, 0.717) is 6.07 Å². The number of hydrogen-bond acceptors (Lipinski definition) is 1. The molecule has 0 amide bonds. The topological polar surface area (TPSA) is 9.23 Å². The van der Waals surface area contributed by atoms with Crippen LogP contribution in [0.3, 0.4) is 0 Å². The van der Waals surface area contributed by atoms with Gasteiger partial charge in [0.2, 0.25) is 0 Å². The molecule has 0 N–H and O–H groups in total. The molecule has 1 atom stereocenters. The van der Waals surface area contributed by atoms with Crippen LogP contribution in [-0.2, 0) is 0 Å². The zero-order valence-corrected chi connectivity index (χ0v) is 10.8. The van der Waals surface area contributed by atoms with Crippen molar-refractivity contribution in [3.05, 3.63) is 65.2 Å². The number of ether oxygens (including phenoxy) is 1. The van der Waals surface area contributed by atoms with Gasteiger partial charge in [-0.1, -0.05) is 24.3 Å². The van der Waals surface area contributed by atoms with Crippen molar-refractivity contribution >= 4 is 11.6 Å². The van der Waals surface area contributed by atoms with E-state index in [2.05, 4.69) is 4.74 Å². The largest absolute Gasteiger partial charge is 0.434 e. The van der Waals surface area contributed by atoms with E-state index in [1.165, 1.54) is 24.3 Å². The molecule has 0 spiro atoms. The van der Waals surface area contributed by atoms with Gasteiger partial charge in [0.25, 0.3) is 0 Å². The first-order valence-corrected chi connectivity index (χ1v) is 6.05. The Kier molecular flexibility index (Phi) is 4.49. The quantitative estimate of drug-likeness (QED) is 0.577. The van der Waals surface area contributed by atoms with E-state index in [9.17, 15) is 17.6 Å². The van der Waals surface area contributed by atoms with Gasteiger partial charge < -0.3 is 4.74 Å². The molecule has 0 bridgehead atoms. The van der Waals surface area contributed by atoms with Crippen LogP contribution in [0, 0.1) is 11.6 Å². The zero-order chi connectivity index (χ0) is 14.7. The Morgan fingerprint density at radius 2 is 1.65 bits per heavy atom. The van der Waals surface area contributed by atoms with E-state index in [1.807, 2.05) is 0 Å². The Balaban J connectivity index is 2.40. The molecule has 1 nitrogen and oxygen atoms in total. The lowest BCUT2D eigenvalue weighted by Gasteiger charge is -2.16. The van der Waals surface area contributed by atoms with Gasteiger partial charge in [-0.25, -0.2) is 8.78 Å². The molecule has 0 aromatic heterocycles. The highest BCUT2D eigenvalue weighted by Gasteiger charge is 2.20. The Morgan fingerprint density at radius 3 is 2.30 bits per heavy atom. The standard InChI is InChI=1S/C14H9ClF4O/c15-13(9-6-5-8(16)7-11(9)17)10-3-1-2-4-12(10)20-14(18)19/h1-7,13-14H. The molecule has 2 aromatic carbocycles.